The third-order valence-corrected chi connectivity index (χ3v) is 4.38. The molecular formula is C18H24N4OS. The molecule has 5 nitrogen and oxygen atoms in total. The van der Waals surface area contributed by atoms with Crippen LogP contribution < -0.4 is 16.0 Å². The van der Waals surface area contributed by atoms with Crippen molar-refractivity contribution in [3.05, 3.63) is 52.2 Å². The number of rotatable bonds is 7. The van der Waals surface area contributed by atoms with Crippen LogP contribution in [0.5, 0.6) is 0 Å². The highest BCUT2D eigenvalue weighted by atomic mass is 32.1. The van der Waals surface area contributed by atoms with Gasteiger partial charge in [-0.25, -0.2) is 0 Å². The van der Waals surface area contributed by atoms with E-state index >= 15 is 0 Å². The van der Waals surface area contributed by atoms with Crippen molar-refractivity contribution in [2.45, 2.75) is 19.8 Å². The van der Waals surface area contributed by atoms with E-state index in [0.717, 1.165) is 37.6 Å². The fourth-order valence-electron chi connectivity index (χ4n) is 2.26. The second kappa shape index (κ2) is 9.72. The summed E-state index contributed by atoms with van der Waals surface area (Å²) in [6.45, 7) is 3.18. The number of benzene rings is 1. The first kappa shape index (κ1) is 18.0. The molecule has 3 N–H and O–H groups in total. The minimum Gasteiger partial charge on any atom is -0.356 e. The van der Waals surface area contributed by atoms with Gasteiger partial charge in [0.05, 0.1) is 0 Å². The standard InChI is InChI=1S/C18H24N4OS/c1-14(23)22-16-7-5-15(6-8-16)9-11-20-18(19-2)21-12-10-17-4-3-13-24-17/h3-8,13H,9-12H2,1-2H3,(H,22,23)(H2,19,20,21). The predicted molar refractivity (Wildman–Crippen MR) is 102 cm³/mol. The van der Waals surface area contributed by atoms with Gasteiger partial charge in [0, 0.05) is 37.6 Å². The van der Waals surface area contributed by atoms with E-state index in [9.17, 15) is 4.79 Å². The van der Waals surface area contributed by atoms with Crippen molar-refractivity contribution in [3.8, 4) is 0 Å². The zero-order valence-electron chi connectivity index (χ0n) is 14.1. The number of carbonyl (C=O) groups is 1. The summed E-state index contributed by atoms with van der Waals surface area (Å²) < 4.78 is 0. The third kappa shape index (κ3) is 6.42. The highest BCUT2D eigenvalue weighted by Gasteiger charge is 2.00. The van der Waals surface area contributed by atoms with E-state index in [0.29, 0.717) is 0 Å². The molecule has 0 saturated heterocycles. The average Bonchev–Trinajstić information content (AvgIpc) is 3.08. The maximum absolute atomic E-state index is 11.0. The molecule has 1 heterocycles. The second-order valence-electron chi connectivity index (χ2n) is 5.38. The van der Waals surface area contributed by atoms with Crippen molar-refractivity contribution < 1.29 is 4.79 Å². The minimum atomic E-state index is -0.0539. The van der Waals surface area contributed by atoms with E-state index in [1.807, 2.05) is 24.3 Å². The number of carbonyl (C=O) groups excluding carboxylic acids is 1. The molecule has 0 aliphatic rings. The molecule has 6 heteroatoms. The lowest BCUT2D eigenvalue weighted by atomic mass is 10.1. The van der Waals surface area contributed by atoms with Gasteiger partial charge in [0.15, 0.2) is 5.96 Å². The molecule has 24 heavy (non-hydrogen) atoms. The topological polar surface area (TPSA) is 65.5 Å². The number of nitrogens with one attached hydrogen (secondary N) is 3. The zero-order chi connectivity index (χ0) is 17.2. The van der Waals surface area contributed by atoms with Crippen LogP contribution >= 0.6 is 11.3 Å². The Kier molecular flexibility index (Phi) is 7.29. The van der Waals surface area contributed by atoms with Crippen LogP contribution in [0.15, 0.2) is 46.8 Å². The van der Waals surface area contributed by atoms with Gasteiger partial charge in [-0.15, -0.1) is 11.3 Å². The normalized spacial score (nSPS) is 11.2. The largest absolute Gasteiger partial charge is 0.356 e. The van der Waals surface area contributed by atoms with Gasteiger partial charge < -0.3 is 16.0 Å². The highest BCUT2D eigenvalue weighted by molar-refractivity contribution is 7.09. The molecule has 0 fully saturated rings. The molecule has 1 aromatic heterocycles. The van der Waals surface area contributed by atoms with Gasteiger partial charge in [-0.1, -0.05) is 18.2 Å². The first-order chi connectivity index (χ1) is 11.7. The van der Waals surface area contributed by atoms with E-state index in [4.69, 9.17) is 0 Å². The van der Waals surface area contributed by atoms with Crippen LogP contribution in [0.1, 0.15) is 17.4 Å². The Hall–Kier alpha value is -2.34. The number of thiophene rings is 1. The van der Waals surface area contributed by atoms with E-state index in [1.165, 1.54) is 17.4 Å². The summed E-state index contributed by atoms with van der Waals surface area (Å²) in [4.78, 5) is 16.6. The van der Waals surface area contributed by atoms with Crippen molar-refractivity contribution in [2.24, 2.45) is 4.99 Å². The van der Waals surface area contributed by atoms with Gasteiger partial charge in [0.1, 0.15) is 0 Å². The van der Waals surface area contributed by atoms with Gasteiger partial charge in [-0.2, -0.15) is 0 Å². The van der Waals surface area contributed by atoms with E-state index < -0.39 is 0 Å². The smallest absolute Gasteiger partial charge is 0.221 e. The van der Waals surface area contributed by atoms with Crippen molar-refractivity contribution >= 4 is 28.9 Å². The number of anilines is 1. The second-order valence-corrected chi connectivity index (χ2v) is 6.42. The molecule has 2 rings (SSSR count). The van der Waals surface area contributed by atoms with Gasteiger partial charge in [0.25, 0.3) is 0 Å². The lowest BCUT2D eigenvalue weighted by molar-refractivity contribution is -0.114. The fraction of sp³-hybridized carbons (Fsp3) is 0.333. The molecule has 0 aliphatic carbocycles. The summed E-state index contributed by atoms with van der Waals surface area (Å²) in [5, 5.41) is 11.5. The molecule has 0 unspecified atom stereocenters. The average molecular weight is 344 g/mol. The molecular weight excluding hydrogens is 320 g/mol. The molecule has 0 bridgehead atoms. The van der Waals surface area contributed by atoms with Crippen LogP contribution in [-0.2, 0) is 17.6 Å². The summed E-state index contributed by atoms with van der Waals surface area (Å²) in [5.41, 5.74) is 2.04. The molecule has 0 aliphatic heterocycles. The minimum absolute atomic E-state index is 0.0539. The van der Waals surface area contributed by atoms with Crippen LogP contribution in [0.25, 0.3) is 0 Å². The summed E-state index contributed by atoms with van der Waals surface area (Å²) >= 11 is 1.78. The number of guanidine groups is 1. The van der Waals surface area contributed by atoms with Gasteiger partial charge in [-0.05, 0) is 42.0 Å². The highest BCUT2D eigenvalue weighted by Crippen LogP contribution is 2.10. The summed E-state index contributed by atoms with van der Waals surface area (Å²) in [6.07, 6.45) is 1.90. The van der Waals surface area contributed by atoms with Crippen LogP contribution in [0.3, 0.4) is 0 Å². The number of hydrogen-bond donors (Lipinski definition) is 3. The number of nitrogens with zero attached hydrogens (tertiary/aromatic N) is 1. The maximum Gasteiger partial charge on any atom is 0.221 e. The van der Waals surface area contributed by atoms with Crippen LogP contribution in [0.4, 0.5) is 5.69 Å². The molecule has 1 amide bonds. The Morgan fingerprint density at radius 3 is 2.38 bits per heavy atom. The fourth-order valence-corrected chi connectivity index (χ4v) is 2.97. The van der Waals surface area contributed by atoms with Crippen molar-refractivity contribution in [1.29, 1.82) is 0 Å². The molecule has 2 aromatic rings. The lowest BCUT2D eigenvalue weighted by Crippen LogP contribution is -2.39. The third-order valence-electron chi connectivity index (χ3n) is 3.45. The summed E-state index contributed by atoms with van der Waals surface area (Å²) in [5.74, 6) is 0.767. The Morgan fingerprint density at radius 2 is 1.79 bits per heavy atom. The first-order valence-corrected chi connectivity index (χ1v) is 8.89. The van der Waals surface area contributed by atoms with Crippen molar-refractivity contribution in [2.75, 3.05) is 25.5 Å². The van der Waals surface area contributed by atoms with Crippen molar-refractivity contribution in [3.63, 3.8) is 0 Å². The maximum atomic E-state index is 11.0. The quantitative estimate of drug-likeness (QED) is 0.534. The first-order valence-electron chi connectivity index (χ1n) is 8.01. The van der Waals surface area contributed by atoms with Gasteiger partial charge in [0.2, 0.25) is 5.91 Å². The molecule has 0 radical (unpaired) electrons. The van der Waals surface area contributed by atoms with E-state index in [2.05, 4.69) is 38.5 Å². The number of aliphatic imine (C=N–C) groups is 1. The Balaban J connectivity index is 1.68. The Bertz CT molecular complexity index is 650. The number of amides is 1. The lowest BCUT2D eigenvalue weighted by Gasteiger charge is -2.11. The zero-order valence-corrected chi connectivity index (χ0v) is 15.0. The van der Waals surface area contributed by atoms with Crippen LogP contribution in [0, 0.1) is 0 Å². The summed E-state index contributed by atoms with van der Waals surface area (Å²) in [7, 11) is 1.78. The molecule has 0 saturated carbocycles. The monoisotopic (exact) mass is 344 g/mol. The molecule has 1 aromatic carbocycles. The van der Waals surface area contributed by atoms with Crippen LogP contribution in [0.2, 0.25) is 0 Å². The van der Waals surface area contributed by atoms with E-state index in [-0.39, 0.29) is 5.91 Å². The predicted octanol–water partition coefficient (Wildman–Crippen LogP) is 2.66. The Labute approximate surface area is 147 Å². The van der Waals surface area contributed by atoms with Gasteiger partial charge >= 0.3 is 0 Å². The van der Waals surface area contributed by atoms with Crippen LogP contribution in [-0.4, -0.2) is 32.0 Å². The summed E-state index contributed by atoms with van der Waals surface area (Å²) in [6, 6.07) is 12.1. The SMILES string of the molecule is CN=C(NCCc1ccc(NC(C)=O)cc1)NCCc1cccs1. The Morgan fingerprint density at radius 1 is 1.08 bits per heavy atom. The van der Waals surface area contributed by atoms with Crippen molar-refractivity contribution in [1.82, 2.24) is 10.6 Å². The molecule has 0 spiro atoms. The molecule has 0 atom stereocenters. The number of hydrogen-bond acceptors (Lipinski definition) is 3. The molecule has 128 valence electrons. The van der Waals surface area contributed by atoms with Gasteiger partial charge in [-0.3, -0.25) is 9.79 Å². The van der Waals surface area contributed by atoms with E-state index in [1.54, 1.807) is 18.4 Å².